The molecule has 1 nitrogen and oxygen atoms in total. The first-order valence-electron chi connectivity index (χ1n) is 13.4. The predicted molar refractivity (Wildman–Crippen MR) is 170 cm³/mol. The molecule has 0 N–H and O–H groups in total. The average Bonchev–Trinajstić information content (AvgIpc) is 3.73. The molecule has 2 aromatic heterocycles. The van der Waals surface area contributed by atoms with Crippen molar-refractivity contribution in [3.05, 3.63) is 176 Å². The van der Waals surface area contributed by atoms with Gasteiger partial charge in [0, 0.05) is 27.2 Å². The fourth-order valence-electron chi connectivity index (χ4n) is 6.01. The first-order chi connectivity index (χ1) is 19.8. The van der Waals surface area contributed by atoms with Crippen LogP contribution in [0.4, 0.5) is 0 Å². The second-order valence-electron chi connectivity index (χ2n) is 10.1. The van der Waals surface area contributed by atoms with Crippen LogP contribution in [0.15, 0.2) is 138 Å². The molecule has 5 aromatic carbocycles. The van der Waals surface area contributed by atoms with Gasteiger partial charge in [-0.2, -0.15) is 0 Å². The van der Waals surface area contributed by atoms with Gasteiger partial charge in [0.2, 0.25) is 0 Å². The van der Waals surface area contributed by atoms with Crippen molar-refractivity contribution >= 4 is 50.5 Å². The second-order valence-corrected chi connectivity index (χ2v) is 12.0. The van der Waals surface area contributed by atoms with Gasteiger partial charge in [-0.3, -0.25) is 4.79 Å². The lowest BCUT2D eigenvalue weighted by Crippen LogP contribution is -2.08. The molecule has 0 aliphatic rings. The monoisotopic (exact) mass is 550 g/mol. The quantitative estimate of drug-likeness (QED) is 0.180. The maximum Gasteiger partial charge on any atom is 0.150 e. The fourth-order valence-corrected chi connectivity index (χ4v) is 7.75. The molecule has 192 valence electrons. The van der Waals surface area contributed by atoms with Crippen molar-refractivity contribution < 1.29 is 4.79 Å². The molecule has 0 fully saturated rings. The van der Waals surface area contributed by atoms with Crippen molar-refractivity contribution in [2.24, 2.45) is 0 Å². The van der Waals surface area contributed by atoms with Gasteiger partial charge >= 0.3 is 0 Å². The van der Waals surface area contributed by atoms with Gasteiger partial charge in [-0.05, 0) is 78.8 Å². The Kier molecular flexibility index (Phi) is 6.60. The van der Waals surface area contributed by atoms with Crippen LogP contribution in [0.25, 0.3) is 21.5 Å². The summed E-state index contributed by atoms with van der Waals surface area (Å²) in [5, 5.41) is 9.21. The van der Waals surface area contributed by atoms with E-state index in [2.05, 4.69) is 138 Å². The maximum atomic E-state index is 12.4. The van der Waals surface area contributed by atoms with Crippen molar-refractivity contribution in [2.45, 2.75) is 11.8 Å². The minimum Gasteiger partial charge on any atom is -0.298 e. The number of benzene rings is 5. The van der Waals surface area contributed by atoms with Gasteiger partial charge in [-0.15, -0.1) is 22.7 Å². The molecule has 0 saturated carbocycles. The van der Waals surface area contributed by atoms with E-state index in [1.807, 2.05) is 0 Å². The topological polar surface area (TPSA) is 17.1 Å². The van der Waals surface area contributed by atoms with Gasteiger partial charge in [0.05, 0.1) is 0 Å². The van der Waals surface area contributed by atoms with Crippen molar-refractivity contribution in [3.8, 4) is 0 Å². The average molecular weight is 551 g/mol. The van der Waals surface area contributed by atoms with Crippen LogP contribution < -0.4 is 0 Å². The number of hydrogen-bond donors (Lipinski definition) is 0. The summed E-state index contributed by atoms with van der Waals surface area (Å²) < 4.78 is 0. The fraction of sp³-hybridized carbons (Fsp3) is 0.0541. The molecule has 0 amide bonds. The normalized spacial score (nSPS) is 12.9. The number of fused-ring (bicyclic) bond motifs is 2. The number of carbonyl (C=O) groups excluding carboxylic acids is 1. The van der Waals surface area contributed by atoms with Crippen LogP contribution in [0.1, 0.15) is 54.2 Å². The Balaban J connectivity index is 1.49. The molecule has 2 unspecified atom stereocenters. The highest BCUT2D eigenvalue weighted by Crippen LogP contribution is 2.43. The number of thiophene rings is 2. The highest BCUT2D eigenvalue weighted by atomic mass is 32.1. The lowest BCUT2D eigenvalue weighted by atomic mass is 9.81. The largest absolute Gasteiger partial charge is 0.298 e. The summed E-state index contributed by atoms with van der Waals surface area (Å²) in [6.45, 7) is 0. The number of aldehydes is 1. The van der Waals surface area contributed by atoms with Crippen molar-refractivity contribution in [3.63, 3.8) is 0 Å². The van der Waals surface area contributed by atoms with Crippen molar-refractivity contribution in [2.75, 3.05) is 0 Å². The van der Waals surface area contributed by atoms with Crippen LogP contribution in [-0.2, 0) is 0 Å². The Morgan fingerprint density at radius 1 is 0.500 bits per heavy atom. The molecule has 2 heterocycles. The summed E-state index contributed by atoms with van der Waals surface area (Å²) in [7, 11) is 0. The van der Waals surface area contributed by atoms with Crippen molar-refractivity contribution in [1.29, 1.82) is 0 Å². The van der Waals surface area contributed by atoms with Crippen LogP contribution in [0.3, 0.4) is 0 Å². The minimum atomic E-state index is 0.0150. The van der Waals surface area contributed by atoms with Crippen LogP contribution in [-0.4, -0.2) is 6.29 Å². The zero-order chi connectivity index (χ0) is 26.9. The minimum absolute atomic E-state index is 0.0150. The molecule has 7 rings (SSSR count). The Labute approximate surface area is 242 Å². The molecule has 7 aromatic rings. The van der Waals surface area contributed by atoms with Crippen LogP contribution in [0.2, 0.25) is 0 Å². The molecular weight excluding hydrogens is 525 g/mol. The van der Waals surface area contributed by atoms with E-state index in [-0.39, 0.29) is 11.8 Å². The van der Waals surface area contributed by atoms with Crippen LogP contribution >= 0.6 is 22.7 Å². The van der Waals surface area contributed by atoms with E-state index in [1.54, 1.807) is 22.7 Å². The first-order valence-corrected chi connectivity index (χ1v) is 15.2. The first kappa shape index (κ1) is 24.7. The van der Waals surface area contributed by atoms with E-state index in [1.165, 1.54) is 42.4 Å². The number of rotatable bonds is 7. The molecule has 0 saturated heterocycles. The molecule has 3 heteroatoms. The van der Waals surface area contributed by atoms with E-state index in [0.717, 1.165) is 17.4 Å². The lowest BCUT2D eigenvalue weighted by molar-refractivity contribution is 0.112. The number of carbonyl (C=O) groups is 1. The zero-order valence-corrected chi connectivity index (χ0v) is 23.4. The van der Waals surface area contributed by atoms with Gasteiger partial charge in [0.15, 0.2) is 0 Å². The van der Waals surface area contributed by atoms with Gasteiger partial charge < -0.3 is 0 Å². The predicted octanol–water partition coefficient (Wildman–Crippen LogP) is 10.3. The zero-order valence-electron chi connectivity index (χ0n) is 21.7. The summed E-state index contributed by atoms with van der Waals surface area (Å²) in [6.07, 6.45) is 0.996. The van der Waals surface area contributed by atoms with E-state index in [0.29, 0.717) is 5.56 Å². The third-order valence-electron chi connectivity index (χ3n) is 7.73. The summed E-state index contributed by atoms with van der Waals surface area (Å²) in [4.78, 5) is 15.0. The molecular formula is C37H26OS2. The Morgan fingerprint density at radius 2 is 0.975 bits per heavy atom. The van der Waals surface area contributed by atoms with E-state index in [4.69, 9.17) is 0 Å². The Bertz CT molecular complexity index is 1790. The molecule has 0 radical (unpaired) electrons. The number of hydrogen-bond acceptors (Lipinski definition) is 3. The van der Waals surface area contributed by atoms with Gasteiger partial charge in [-0.1, -0.05) is 103 Å². The third-order valence-corrected chi connectivity index (χ3v) is 9.60. The van der Waals surface area contributed by atoms with Crippen molar-refractivity contribution in [1.82, 2.24) is 0 Å². The Hall–Kier alpha value is -4.31. The maximum absolute atomic E-state index is 12.4. The van der Waals surface area contributed by atoms with E-state index < -0.39 is 0 Å². The van der Waals surface area contributed by atoms with E-state index >= 15 is 0 Å². The third kappa shape index (κ3) is 4.48. The summed E-state index contributed by atoms with van der Waals surface area (Å²) >= 11 is 3.53. The summed E-state index contributed by atoms with van der Waals surface area (Å²) in [5.41, 5.74) is 5.50. The second kappa shape index (κ2) is 10.7. The molecule has 0 spiro atoms. The van der Waals surface area contributed by atoms with Gasteiger partial charge in [-0.25, -0.2) is 0 Å². The summed E-state index contributed by atoms with van der Waals surface area (Å²) in [6, 6.07) is 45.4. The lowest BCUT2D eigenvalue weighted by Gasteiger charge is -2.24. The molecule has 0 bridgehead atoms. The molecule has 0 aliphatic carbocycles. The smallest absolute Gasteiger partial charge is 0.150 e. The van der Waals surface area contributed by atoms with Crippen LogP contribution in [0, 0.1) is 0 Å². The van der Waals surface area contributed by atoms with Gasteiger partial charge in [0.25, 0.3) is 0 Å². The summed E-state index contributed by atoms with van der Waals surface area (Å²) in [5.74, 6) is 0.0301. The standard InChI is InChI=1S/C37H26OS2/c38-24-25-21-28(36(34-17-7-19-39-34)32-15-5-11-26-9-1-3-13-30(26)32)23-29(22-25)37(35-18-8-20-40-35)33-16-6-12-27-10-2-4-14-31(27)33/h1-24,36-37H. The molecule has 40 heavy (non-hydrogen) atoms. The highest BCUT2D eigenvalue weighted by Gasteiger charge is 2.25. The molecule has 0 aliphatic heterocycles. The van der Waals surface area contributed by atoms with E-state index in [9.17, 15) is 4.79 Å². The van der Waals surface area contributed by atoms with Gasteiger partial charge in [0.1, 0.15) is 6.29 Å². The highest BCUT2D eigenvalue weighted by molar-refractivity contribution is 7.10. The SMILES string of the molecule is O=Cc1cc(C(c2cccs2)c2cccc3ccccc23)cc(C(c2cccs2)c2cccc3ccccc23)c1. The van der Waals surface area contributed by atoms with Crippen LogP contribution in [0.5, 0.6) is 0 Å². The Morgan fingerprint density at radius 3 is 1.43 bits per heavy atom. The molecule has 2 atom stereocenters.